The van der Waals surface area contributed by atoms with Crippen molar-refractivity contribution in [1.29, 1.82) is 0 Å². The van der Waals surface area contributed by atoms with Gasteiger partial charge in [0.25, 0.3) is 10.1 Å². The highest BCUT2D eigenvalue weighted by atomic mass is 32.2. The summed E-state index contributed by atoms with van der Waals surface area (Å²) in [5.41, 5.74) is 8.93. The van der Waals surface area contributed by atoms with Gasteiger partial charge < -0.3 is 9.64 Å². The molecule has 0 unspecified atom stereocenters. The fourth-order valence-electron chi connectivity index (χ4n) is 2.43. The molecule has 2 atom stereocenters. The number of carbonyl (C=O) groups is 1. The Kier molecular flexibility index (Phi) is 5.80. The molecule has 0 spiro atoms. The van der Waals surface area contributed by atoms with E-state index >= 15 is 0 Å². The van der Waals surface area contributed by atoms with E-state index in [9.17, 15) is 13.2 Å². The third kappa shape index (κ3) is 5.10. The summed E-state index contributed by atoms with van der Waals surface area (Å²) in [5.74, 6) is 0. The normalized spacial score (nSPS) is 20.5. The van der Waals surface area contributed by atoms with Gasteiger partial charge in [0, 0.05) is 11.5 Å². The summed E-state index contributed by atoms with van der Waals surface area (Å²) in [6.45, 7) is 6.98. The van der Waals surface area contributed by atoms with Crippen molar-refractivity contribution in [3.05, 3.63) is 40.3 Å². The highest BCUT2D eigenvalue weighted by Crippen LogP contribution is 2.24. The topological polar surface area (TPSA) is 122 Å². The van der Waals surface area contributed by atoms with Crippen molar-refractivity contribution in [2.45, 2.75) is 50.3 Å². The molecule has 0 radical (unpaired) electrons. The molecular formula is C16H22N4O5S. The Labute approximate surface area is 152 Å². The monoisotopic (exact) mass is 382 g/mol. The number of ether oxygens (including phenoxy) is 1. The summed E-state index contributed by atoms with van der Waals surface area (Å²) in [6.07, 6.45) is -1.60. The van der Waals surface area contributed by atoms with Gasteiger partial charge in [-0.3, -0.25) is 4.18 Å². The summed E-state index contributed by atoms with van der Waals surface area (Å²) in [4.78, 5) is 16.2. The SMILES string of the molecule is Cc1ccc(S(=O)(=O)O[C@@H]2CN(C(=O)OC(C)(C)C)C[C@@H]2N=[N+]=[N-])cc1. The number of azide groups is 1. The van der Waals surface area contributed by atoms with Crippen LogP contribution in [0, 0.1) is 6.92 Å². The second-order valence-corrected chi connectivity index (χ2v) is 8.63. The molecule has 0 bridgehead atoms. The number of hydrogen-bond acceptors (Lipinski definition) is 6. The first-order valence-electron chi connectivity index (χ1n) is 8.04. The number of carbonyl (C=O) groups excluding carboxylic acids is 1. The largest absolute Gasteiger partial charge is 0.444 e. The van der Waals surface area contributed by atoms with Crippen LogP contribution in [0.2, 0.25) is 0 Å². The second-order valence-electron chi connectivity index (χ2n) is 7.06. The minimum atomic E-state index is -4.06. The standard InChI is InChI=1S/C16H22N4O5S/c1-11-5-7-12(8-6-11)26(22,23)25-14-10-20(9-13(14)18-19-17)15(21)24-16(2,3)4/h5-8,13-14H,9-10H2,1-4H3/t13-,14+/m0/s1. The molecule has 0 aliphatic carbocycles. The minimum absolute atomic E-state index is 0.00138. The van der Waals surface area contributed by atoms with Crippen molar-refractivity contribution in [3.8, 4) is 0 Å². The molecule has 0 N–H and O–H groups in total. The number of nitrogens with zero attached hydrogens (tertiary/aromatic N) is 4. The van der Waals surface area contributed by atoms with Crippen LogP contribution in [0.1, 0.15) is 26.3 Å². The maximum Gasteiger partial charge on any atom is 0.410 e. The van der Waals surface area contributed by atoms with E-state index < -0.39 is 34.0 Å². The van der Waals surface area contributed by atoms with Crippen LogP contribution >= 0.6 is 0 Å². The molecule has 2 rings (SSSR count). The van der Waals surface area contributed by atoms with Crippen LogP contribution < -0.4 is 0 Å². The van der Waals surface area contributed by atoms with Gasteiger partial charge in [0.05, 0.1) is 17.5 Å². The zero-order chi connectivity index (χ0) is 19.5. The Morgan fingerprint density at radius 3 is 2.42 bits per heavy atom. The summed E-state index contributed by atoms with van der Waals surface area (Å²) in [5, 5.41) is 3.57. The third-order valence-corrected chi connectivity index (χ3v) is 5.00. The van der Waals surface area contributed by atoms with Crippen LogP contribution in [0.3, 0.4) is 0 Å². The molecule has 1 amide bonds. The van der Waals surface area contributed by atoms with Gasteiger partial charge in [0.1, 0.15) is 11.7 Å². The fourth-order valence-corrected chi connectivity index (χ4v) is 3.52. The lowest BCUT2D eigenvalue weighted by Crippen LogP contribution is -2.36. The number of benzene rings is 1. The summed E-state index contributed by atoms with van der Waals surface area (Å²) in [7, 11) is -4.06. The van der Waals surface area contributed by atoms with Gasteiger partial charge in [-0.05, 0) is 45.4 Å². The molecule has 1 aliphatic heterocycles. The molecule has 26 heavy (non-hydrogen) atoms. The molecule has 0 aromatic heterocycles. The van der Waals surface area contributed by atoms with E-state index in [2.05, 4.69) is 10.0 Å². The average Bonchev–Trinajstić information content (AvgIpc) is 2.89. The van der Waals surface area contributed by atoms with E-state index in [0.29, 0.717) is 0 Å². The van der Waals surface area contributed by atoms with Gasteiger partial charge in [0.2, 0.25) is 0 Å². The number of likely N-dealkylation sites (tertiary alicyclic amines) is 1. The predicted octanol–water partition coefficient (Wildman–Crippen LogP) is 3.00. The molecule has 1 aromatic rings. The molecule has 0 saturated carbocycles. The van der Waals surface area contributed by atoms with E-state index in [4.69, 9.17) is 14.5 Å². The highest BCUT2D eigenvalue weighted by molar-refractivity contribution is 7.86. The Hall–Kier alpha value is -2.29. The fraction of sp³-hybridized carbons (Fsp3) is 0.562. The van der Waals surface area contributed by atoms with Crippen molar-refractivity contribution in [2.75, 3.05) is 13.1 Å². The van der Waals surface area contributed by atoms with E-state index in [1.165, 1.54) is 17.0 Å². The van der Waals surface area contributed by atoms with Gasteiger partial charge in [0.15, 0.2) is 0 Å². The van der Waals surface area contributed by atoms with Crippen LogP contribution in [0.25, 0.3) is 10.4 Å². The van der Waals surface area contributed by atoms with Crippen molar-refractivity contribution < 1.29 is 22.1 Å². The van der Waals surface area contributed by atoms with Crippen LogP contribution in [0.4, 0.5) is 4.79 Å². The number of rotatable bonds is 4. The molecule has 10 heteroatoms. The number of amides is 1. The van der Waals surface area contributed by atoms with Gasteiger partial charge in [-0.2, -0.15) is 8.42 Å². The van der Waals surface area contributed by atoms with Gasteiger partial charge in [-0.25, -0.2) is 4.79 Å². The lowest BCUT2D eigenvalue weighted by atomic mass is 10.2. The first-order chi connectivity index (χ1) is 12.0. The van der Waals surface area contributed by atoms with E-state index in [1.807, 2.05) is 6.92 Å². The Balaban J connectivity index is 2.17. The third-order valence-electron chi connectivity index (χ3n) is 3.65. The second kappa shape index (κ2) is 7.53. The molecule has 1 heterocycles. The van der Waals surface area contributed by atoms with E-state index in [1.54, 1.807) is 32.9 Å². The van der Waals surface area contributed by atoms with Crippen molar-refractivity contribution in [2.24, 2.45) is 5.11 Å². The van der Waals surface area contributed by atoms with Crippen molar-refractivity contribution in [1.82, 2.24) is 4.90 Å². The Bertz CT molecular complexity index is 810. The van der Waals surface area contributed by atoms with E-state index in [-0.39, 0.29) is 18.0 Å². The molecule has 1 aliphatic rings. The van der Waals surface area contributed by atoms with Gasteiger partial charge in [-0.15, -0.1) is 0 Å². The van der Waals surface area contributed by atoms with Crippen LogP contribution in [-0.2, 0) is 19.0 Å². The first-order valence-corrected chi connectivity index (χ1v) is 9.45. The summed E-state index contributed by atoms with van der Waals surface area (Å²) >= 11 is 0. The smallest absolute Gasteiger partial charge is 0.410 e. The summed E-state index contributed by atoms with van der Waals surface area (Å²) in [6, 6.07) is 5.36. The van der Waals surface area contributed by atoms with Crippen LogP contribution in [-0.4, -0.2) is 50.2 Å². The van der Waals surface area contributed by atoms with Crippen molar-refractivity contribution in [3.63, 3.8) is 0 Å². The first kappa shape index (κ1) is 20.0. The molecule has 1 aromatic carbocycles. The van der Waals surface area contributed by atoms with Gasteiger partial charge >= 0.3 is 6.09 Å². The Morgan fingerprint density at radius 2 is 1.88 bits per heavy atom. The zero-order valence-corrected chi connectivity index (χ0v) is 15.9. The molecular weight excluding hydrogens is 360 g/mol. The molecule has 9 nitrogen and oxygen atoms in total. The summed E-state index contributed by atoms with van der Waals surface area (Å²) < 4.78 is 35.5. The average molecular weight is 382 g/mol. The lowest BCUT2D eigenvalue weighted by Gasteiger charge is -2.24. The maximum atomic E-state index is 12.5. The predicted molar refractivity (Wildman–Crippen MR) is 94.0 cm³/mol. The Morgan fingerprint density at radius 1 is 1.27 bits per heavy atom. The van der Waals surface area contributed by atoms with E-state index in [0.717, 1.165) is 5.56 Å². The molecule has 142 valence electrons. The van der Waals surface area contributed by atoms with Crippen LogP contribution in [0.5, 0.6) is 0 Å². The maximum absolute atomic E-state index is 12.5. The van der Waals surface area contributed by atoms with Crippen LogP contribution in [0.15, 0.2) is 34.3 Å². The minimum Gasteiger partial charge on any atom is -0.444 e. The quantitative estimate of drug-likeness (QED) is 0.343. The lowest BCUT2D eigenvalue weighted by molar-refractivity contribution is 0.0276. The molecule has 1 fully saturated rings. The number of hydrogen-bond donors (Lipinski definition) is 0. The zero-order valence-electron chi connectivity index (χ0n) is 15.1. The highest BCUT2D eigenvalue weighted by Gasteiger charge is 2.40. The number of aryl methyl sites for hydroxylation is 1. The van der Waals surface area contributed by atoms with Crippen molar-refractivity contribution >= 4 is 16.2 Å². The van der Waals surface area contributed by atoms with Gasteiger partial charge in [-0.1, -0.05) is 22.8 Å². The molecule has 1 saturated heterocycles.